The van der Waals surface area contributed by atoms with Crippen LogP contribution in [-0.2, 0) is 14.8 Å². The van der Waals surface area contributed by atoms with Gasteiger partial charge in [-0.3, -0.25) is 9.40 Å². The topological polar surface area (TPSA) is 140 Å². The van der Waals surface area contributed by atoms with Gasteiger partial charge in [0.2, 0.25) is 16.0 Å². The number of aromatic nitrogens is 4. The average molecular weight is 542 g/mol. The standard InChI is InChI=1S/C22H29ClFN7O4S/c1-12(2)31-11-16(17-6-7-25-21(28-17)26-10-13(3)27-22(32)35-4)20(29-31)15-8-14(23)9-18(19(15)24)30-36(5,33)34/h6-7,9,11-14,30H,8,10H2,1-5H3,(H,27,32)(H,25,26,28)/t13-,14?/m0/s1. The number of nitrogens with one attached hydrogen (secondary N) is 3. The lowest BCUT2D eigenvalue weighted by Gasteiger charge is -2.20. The van der Waals surface area contributed by atoms with Crippen molar-refractivity contribution in [3.05, 3.63) is 41.8 Å². The van der Waals surface area contributed by atoms with Crippen LogP contribution in [0.4, 0.5) is 15.1 Å². The van der Waals surface area contributed by atoms with Crippen molar-refractivity contribution in [2.24, 2.45) is 0 Å². The Hall–Kier alpha value is -3.19. The number of halogens is 2. The average Bonchev–Trinajstić information content (AvgIpc) is 3.25. The number of alkyl carbamates (subject to hydrolysis) is 1. The van der Waals surface area contributed by atoms with E-state index in [1.165, 1.54) is 13.2 Å². The van der Waals surface area contributed by atoms with Gasteiger partial charge in [0, 0.05) is 42.2 Å². The highest BCUT2D eigenvalue weighted by Crippen LogP contribution is 2.38. The van der Waals surface area contributed by atoms with Crippen LogP contribution in [-0.4, -0.2) is 65.6 Å². The van der Waals surface area contributed by atoms with Gasteiger partial charge in [-0.15, -0.1) is 11.6 Å². The Morgan fingerprint density at radius 2 is 2.08 bits per heavy atom. The summed E-state index contributed by atoms with van der Waals surface area (Å²) in [5.74, 6) is -0.454. The van der Waals surface area contributed by atoms with Crippen LogP contribution < -0.4 is 15.4 Å². The monoisotopic (exact) mass is 541 g/mol. The molecule has 0 bridgehead atoms. The number of ether oxygens (including phenoxy) is 1. The normalized spacial score (nSPS) is 17.0. The summed E-state index contributed by atoms with van der Waals surface area (Å²) in [4.78, 5) is 20.1. The first-order chi connectivity index (χ1) is 16.9. The van der Waals surface area contributed by atoms with Crippen molar-refractivity contribution in [3.63, 3.8) is 0 Å². The van der Waals surface area contributed by atoms with E-state index in [4.69, 9.17) is 11.6 Å². The minimum atomic E-state index is -3.72. The van der Waals surface area contributed by atoms with Crippen molar-refractivity contribution >= 4 is 39.2 Å². The Morgan fingerprint density at radius 3 is 2.72 bits per heavy atom. The van der Waals surface area contributed by atoms with Crippen molar-refractivity contribution in [2.75, 3.05) is 25.2 Å². The van der Waals surface area contributed by atoms with Gasteiger partial charge in [-0.1, -0.05) is 0 Å². The third-order valence-corrected chi connectivity index (χ3v) is 6.01. The van der Waals surface area contributed by atoms with Crippen LogP contribution in [0.5, 0.6) is 0 Å². The van der Waals surface area contributed by atoms with Gasteiger partial charge in [0.05, 0.1) is 30.1 Å². The van der Waals surface area contributed by atoms with E-state index in [1.54, 1.807) is 30.1 Å². The van der Waals surface area contributed by atoms with Gasteiger partial charge in [0.25, 0.3) is 0 Å². The van der Waals surface area contributed by atoms with Gasteiger partial charge in [-0.2, -0.15) is 5.10 Å². The molecule has 11 nitrogen and oxygen atoms in total. The second-order valence-electron chi connectivity index (χ2n) is 8.62. The molecular formula is C22H29ClFN7O4S. The quantitative estimate of drug-likeness (QED) is 0.411. The maximum absolute atomic E-state index is 15.5. The number of rotatable bonds is 9. The Bertz CT molecular complexity index is 1290. The number of carbonyl (C=O) groups is 1. The first-order valence-corrected chi connectivity index (χ1v) is 13.4. The molecular weight excluding hydrogens is 513 g/mol. The summed E-state index contributed by atoms with van der Waals surface area (Å²) in [5.41, 5.74) is 1.26. The zero-order valence-corrected chi connectivity index (χ0v) is 22.1. The molecule has 1 aliphatic carbocycles. The second-order valence-corrected chi connectivity index (χ2v) is 10.9. The number of amides is 1. The number of anilines is 1. The molecule has 196 valence electrons. The van der Waals surface area contributed by atoms with E-state index in [0.717, 1.165) is 6.26 Å². The SMILES string of the molecule is COC(=O)N[C@@H](C)CNc1nccc(-c2cn(C(C)C)nc2C2=C(F)C(NS(C)(=O)=O)=CC(Cl)C2)n1. The van der Waals surface area contributed by atoms with Crippen LogP contribution in [0.3, 0.4) is 0 Å². The van der Waals surface area contributed by atoms with Gasteiger partial charge in [0.15, 0.2) is 5.83 Å². The molecule has 1 aliphatic rings. The number of hydrogen-bond donors (Lipinski definition) is 3. The Labute approximate surface area is 214 Å². The molecule has 0 aromatic carbocycles. The summed E-state index contributed by atoms with van der Waals surface area (Å²) in [5, 5.41) is 9.62. The molecule has 0 radical (unpaired) electrons. The van der Waals surface area contributed by atoms with Gasteiger partial charge in [-0.25, -0.2) is 27.6 Å². The van der Waals surface area contributed by atoms with Gasteiger partial charge in [-0.05, 0) is 39.3 Å². The highest BCUT2D eigenvalue weighted by Gasteiger charge is 2.29. The molecule has 3 rings (SSSR count). The molecule has 2 heterocycles. The van der Waals surface area contributed by atoms with E-state index in [2.05, 4.69) is 35.2 Å². The van der Waals surface area contributed by atoms with Crippen molar-refractivity contribution in [1.82, 2.24) is 29.8 Å². The van der Waals surface area contributed by atoms with Crippen LogP contribution in [0, 0.1) is 0 Å². The van der Waals surface area contributed by atoms with E-state index in [-0.39, 0.29) is 29.8 Å². The molecule has 2 aromatic heterocycles. The van der Waals surface area contributed by atoms with E-state index in [1.807, 2.05) is 13.8 Å². The number of alkyl halides is 1. The number of nitrogens with zero attached hydrogens (tertiary/aromatic N) is 4. The fourth-order valence-electron chi connectivity index (χ4n) is 3.46. The molecule has 0 saturated carbocycles. The molecule has 2 aromatic rings. The van der Waals surface area contributed by atoms with Crippen LogP contribution in [0.1, 0.15) is 38.9 Å². The van der Waals surface area contributed by atoms with Gasteiger partial charge >= 0.3 is 6.09 Å². The molecule has 2 atom stereocenters. The lowest BCUT2D eigenvalue weighted by Crippen LogP contribution is -2.37. The molecule has 0 aliphatic heterocycles. The molecule has 0 spiro atoms. The molecule has 3 N–H and O–H groups in total. The molecule has 1 unspecified atom stereocenters. The first kappa shape index (κ1) is 27.4. The fourth-order valence-corrected chi connectivity index (χ4v) is 4.29. The van der Waals surface area contributed by atoms with Gasteiger partial charge < -0.3 is 15.4 Å². The summed E-state index contributed by atoms with van der Waals surface area (Å²) in [6, 6.07) is 1.36. The third-order valence-electron chi connectivity index (χ3n) is 5.14. The molecule has 36 heavy (non-hydrogen) atoms. The maximum Gasteiger partial charge on any atom is 0.407 e. The van der Waals surface area contributed by atoms with E-state index in [9.17, 15) is 13.2 Å². The van der Waals surface area contributed by atoms with E-state index in [0.29, 0.717) is 29.4 Å². The van der Waals surface area contributed by atoms with Crippen LogP contribution in [0.15, 0.2) is 36.1 Å². The third kappa shape index (κ3) is 6.94. The number of hydrogen-bond acceptors (Lipinski definition) is 8. The van der Waals surface area contributed by atoms with Crippen molar-refractivity contribution in [3.8, 4) is 11.3 Å². The number of methoxy groups -OCH3 is 1. The maximum atomic E-state index is 15.5. The number of allylic oxidation sites excluding steroid dienone is 3. The highest BCUT2D eigenvalue weighted by atomic mass is 35.5. The van der Waals surface area contributed by atoms with Crippen LogP contribution >= 0.6 is 11.6 Å². The largest absolute Gasteiger partial charge is 0.453 e. The second kappa shape index (κ2) is 11.2. The van der Waals surface area contributed by atoms with Crippen LogP contribution in [0.25, 0.3) is 16.8 Å². The number of carbonyl (C=O) groups excluding carboxylic acids is 1. The summed E-state index contributed by atoms with van der Waals surface area (Å²) in [6.45, 7) is 5.97. The zero-order valence-electron chi connectivity index (χ0n) is 20.5. The zero-order chi connectivity index (χ0) is 26.6. The summed E-state index contributed by atoms with van der Waals surface area (Å²) >= 11 is 6.34. The van der Waals surface area contributed by atoms with Crippen LogP contribution in [0.2, 0.25) is 0 Å². The molecule has 14 heteroatoms. The van der Waals surface area contributed by atoms with Crippen molar-refractivity contribution in [1.29, 1.82) is 0 Å². The predicted octanol–water partition coefficient (Wildman–Crippen LogP) is 3.20. The van der Waals surface area contributed by atoms with Crippen molar-refractivity contribution in [2.45, 2.75) is 44.7 Å². The highest BCUT2D eigenvalue weighted by molar-refractivity contribution is 7.88. The Morgan fingerprint density at radius 1 is 1.36 bits per heavy atom. The number of sulfonamides is 1. The predicted molar refractivity (Wildman–Crippen MR) is 135 cm³/mol. The van der Waals surface area contributed by atoms with E-state index < -0.39 is 27.3 Å². The van der Waals surface area contributed by atoms with Gasteiger partial charge in [0.1, 0.15) is 5.69 Å². The Balaban J connectivity index is 1.99. The minimum absolute atomic E-state index is 0.0367. The summed E-state index contributed by atoms with van der Waals surface area (Å²) < 4.78 is 47.5. The molecule has 0 saturated heterocycles. The molecule has 0 fully saturated rings. The molecule has 1 amide bonds. The van der Waals surface area contributed by atoms with Crippen molar-refractivity contribution < 1.29 is 22.3 Å². The Kier molecular flexibility index (Phi) is 8.56. The summed E-state index contributed by atoms with van der Waals surface area (Å²) in [7, 11) is -2.44. The lowest BCUT2D eigenvalue weighted by atomic mass is 9.96. The fraction of sp³-hybridized carbons (Fsp3) is 0.455. The first-order valence-electron chi connectivity index (χ1n) is 11.1. The lowest BCUT2D eigenvalue weighted by molar-refractivity contribution is 0.168. The summed E-state index contributed by atoms with van der Waals surface area (Å²) in [6.07, 6.45) is 5.12. The smallest absolute Gasteiger partial charge is 0.407 e. The minimum Gasteiger partial charge on any atom is -0.453 e. The van der Waals surface area contributed by atoms with E-state index >= 15 is 4.39 Å².